The fourth-order valence-corrected chi connectivity index (χ4v) is 2.97. The van der Waals surface area contributed by atoms with Gasteiger partial charge >= 0.3 is 0 Å². The van der Waals surface area contributed by atoms with Crippen LogP contribution >= 0.6 is 0 Å². The van der Waals surface area contributed by atoms with Gasteiger partial charge in [0.05, 0.1) is 0 Å². The molecule has 0 aliphatic rings. The summed E-state index contributed by atoms with van der Waals surface area (Å²) < 4.78 is 0. The Bertz CT molecular complexity index is 726. The number of nitrogens with zero attached hydrogens (tertiary/aromatic N) is 1. The fraction of sp³-hybridized carbons (Fsp3) is 0.364. The average Bonchev–Trinajstić information content (AvgIpc) is 2.64. The number of aryl methyl sites for hydroxylation is 1. The zero-order valence-electron chi connectivity index (χ0n) is 15.9. The molecule has 0 aromatic heterocycles. The molecule has 0 aliphatic carbocycles. The molecule has 4 nitrogen and oxygen atoms in total. The van der Waals surface area contributed by atoms with Crippen LogP contribution in [0.15, 0.2) is 54.6 Å². The van der Waals surface area contributed by atoms with Gasteiger partial charge < -0.3 is 10.2 Å². The lowest BCUT2D eigenvalue weighted by molar-refractivity contribution is -0.121. The second-order valence-electron chi connectivity index (χ2n) is 6.72. The van der Waals surface area contributed by atoms with Crippen LogP contribution in [0, 0.1) is 0 Å². The fourth-order valence-electron chi connectivity index (χ4n) is 2.97. The summed E-state index contributed by atoms with van der Waals surface area (Å²) >= 11 is 0. The Morgan fingerprint density at radius 1 is 1.00 bits per heavy atom. The number of carbonyl (C=O) groups excluding carboxylic acids is 2. The molecular formula is C22H28N2O2. The smallest absolute Gasteiger partial charge is 0.223 e. The molecule has 0 fully saturated rings. The molecule has 0 atom stereocenters. The highest BCUT2D eigenvalue weighted by molar-refractivity contribution is 5.92. The summed E-state index contributed by atoms with van der Waals surface area (Å²) in [5.74, 6) is 0.319. The summed E-state index contributed by atoms with van der Waals surface area (Å²) in [5.41, 5.74) is 3.21. The molecule has 0 heterocycles. The predicted octanol–water partition coefficient (Wildman–Crippen LogP) is 3.91. The van der Waals surface area contributed by atoms with Crippen molar-refractivity contribution in [2.75, 3.05) is 18.0 Å². The highest BCUT2D eigenvalue weighted by atomic mass is 16.2. The van der Waals surface area contributed by atoms with E-state index >= 15 is 0 Å². The van der Waals surface area contributed by atoms with Gasteiger partial charge in [-0.3, -0.25) is 9.59 Å². The first-order valence-corrected chi connectivity index (χ1v) is 9.16. The molecular weight excluding hydrogens is 324 g/mol. The van der Waals surface area contributed by atoms with Gasteiger partial charge in [-0.1, -0.05) is 62.4 Å². The van der Waals surface area contributed by atoms with Crippen LogP contribution in [0.1, 0.15) is 44.2 Å². The first kappa shape index (κ1) is 19.7. The van der Waals surface area contributed by atoms with E-state index in [1.165, 1.54) is 0 Å². The lowest BCUT2D eigenvalue weighted by Gasteiger charge is -2.25. The summed E-state index contributed by atoms with van der Waals surface area (Å²) in [6.45, 7) is 6.70. The minimum absolute atomic E-state index is 0.00880. The topological polar surface area (TPSA) is 49.4 Å². The van der Waals surface area contributed by atoms with Crippen LogP contribution in [0.5, 0.6) is 0 Å². The Hall–Kier alpha value is -2.62. The Morgan fingerprint density at radius 3 is 2.31 bits per heavy atom. The van der Waals surface area contributed by atoms with Gasteiger partial charge in [-0.05, 0) is 29.5 Å². The SMILES string of the molecule is CC(=O)N(CCNC(=O)CCc1ccccc1)c1ccccc1C(C)C. The van der Waals surface area contributed by atoms with Crippen molar-refractivity contribution in [3.8, 4) is 0 Å². The van der Waals surface area contributed by atoms with Gasteiger partial charge in [0.2, 0.25) is 11.8 Å². The van der Waals surface area contributed by atoms with Crippen LogP contribution in [0.25, 0.3) is 0 Å². The van der Waals surface area contributed by atoms with Crippen LogP contribution in [-0.4, -0.2) is 24.9 Å². The first-order valence-electron chi connectivity index (χ1n) is 9.16. The standard InChI is InChI=1S/C22H28N2O2/c1-17(2)20-11-7-8-12-21(20)24(18(3)25)16-15-23-22(26)14-13-19-9-5-4-6-10-19/h4-12,17H,13-16H2,1-3H3,(H,23,26). The molecule has 26 heavy (non-hydrogen) atoms. The lowest BCUT2D eigenvalue weighted by atomic mass is 10.0. The lowest BCUT2D eigenvalue weighted by Crippen LogP contribution is -2.38. The van der Waals surface area contributed by atoms with Crippen LogP contribution in [0.2, 0.25) is 0 Å². The summed E-state index contributed by atoms with van der Waals surface area (Å²) in [7, 11) is 0. The summed E-state index contributed by atoms with van der Waals surface area (Å²) in [6.07, 6.45) is 1.17. The molecule has 0 aliphatic heterocycles. The minimum atomic E-state index is -0.0170. The summed E-state index contributed by atoms with van der Waals surface area (Å²) in [6, 6.07) is 17.9. The normalized spacial score (nSPS) is 10.6. The number of rotatable bonds is 8. The molecule has 138 valence electrons. The molecule has 0 radical (unpaired) electrons. The van der Waals surface area contributed by atoms with Crippen LogP contribution in [0.4, 0.5) is 5.69 Å². The van der Waals surface area contributed by atoms with E-state index in [1.807, 2.05) is 54.6 Å². The van der Waals surface area contributed by atoms with Gasteiger partial charge in [0.15, 0.2) is 0 Å². The van der Waals surface area contributed by atoms with Crippen molar-refractivity contribution in [3.05, 3.63) is 65.7 Å². The second-order valence-corrected chi connectivity index (χ2v) is 6.72. The van der Waals surface area contributed by atoms with Gasteiger partial charge in [-0.25, -0.2) is 0 Å². The number of amides is 2. The van der Waals surface area contributed by atoms with Crippen molar-refractivity contribution < 1.29 is 9.59 Å². The van der Waals surface area contributed by atoms with E-state index in [0.29, 0.717) is 25.4 Å². The molecule has 2 amide bonds. The number of hydrogen-bond acceptors (Lipinski definition) is 2. The van der Waals surface area contributed by atoms with Gasteiger partial charge in [-0.15, -0.1) is 0 Å². The van der Waals surface area contributed by atoms with Gasteiger partial charge in [0, 0.05) is 32.1 Å². The Morgan fingerprint density at radius 2 is 1.65 bits per heavy atom. The van der Waals surface area contributed by atoms with E-state index in [0.717, 1.165) is 23.2 Å². The molecule has 0 spiro atoms. The molecule has 0 bridgehead atoms. The zero-order valence-corrected chi connectivity index (χ0v) is 15.9. The number of benzene rings is 2. The van der Waals surface area contributed by atoms with Crippen LogP contribution < -0.4 is 10.2 Å². The van der Waals surface area contributed by atoms with E-state index in [9.17, 15) is 9.59 Å². The van der Waals surface area contributed by atoms with Crippen molar-refractivity contribution in [1.82, 2.24) is 5.32 Å². The summed E-state index contributed by atoms with van der Waals surface area (Å²) in [5, 5.41) is 2.92. The zero-order chi connectivity index (χ0) is 18.9. The van der Waals surface area contributed by atoms with E-state index in [2.05, 4.69) is 19.2 Å². The third-order valence-corrected chi connectivity index (χ3v) is 4.37. The molecule has 2 rings (SSSR count). The number of para-hydroxylation sites is 1. The van der Waals surface area contributed by atoms with Crippen molar-refractivity contribution in [1.29, 1.82) is 0 Å². The molecule has 0 saturated carbocycles. The summed E-state index contributed by atoms with van der Waals surface area (Å²) in [4.78, 5) is 25.9. The number of anilines is 1. The molecule has 0 unspecified atom stereocenters. The predicted molar refractivity (Wildman–Crippen MR) is 106 cm³/mol. The quantitative estimate of drug-likeness (QED) is 0.783. The van der Waals surface area contributed by atoms with Gasteiger partial charge in [0.1, 0.15) is 0 Å². The highest BCUT2D eigenvalue weighted by Crippen LogP contribution is 2.27. The van der Waals surface area contributed by atoms with Crippen molar-refractivity contribution >= 4 is 17.5 Å². The number of carbonyl (C=O) groups is 2. The van der Waals surface area contributed by atoms with E-state index in [1.54, 1.807) is 11.8 Å². The maximum atomic E-state index is 12.1. The monoisotopic (exact) mass is 352 g/mol. The average molecular weight is 352 g/mol. The van der Waals surface area contributed by atoms with Crippen LogP contribution in [0.3, 0.4) is 0 Å². The van der Waals surface area contributed by atoms with Crippen molar-refractivity contribution in [3.63, 3.8) is 0 Å². The number of hydrogen-bond donors (Lipinski definition) is 1. The Kier molecular flexibility index (Phi) is 7.39. The molecule has 2 aromatic carbocycles. The Balaban J connectivity index is 1.89. The maximum Gasteiger partial charge on any atom is 0.223 e. The third-order valence-electron chi connectivity index (χ3n) is 4.37. The van der Waals surface area contributed by atoms with Gasteiger partial charge in [0.25, 0.3) is 0 Å². The van der Waals surface area contributed by atoms with E-state index in [4.69, 9.17) is 0 Å². The van der Waals surface area contributed by atoms with Gasteiger partial charge in [-0.2, -0.15) is 0 Å². The number of nitrogens with one attached hydrogen (secondary N) is 1. The van der Waals surface area contributed by atoms with Crippen molar-refractivity contribution in [2.45, 2.75) is 39.5 Å². The molecule has 1 N–H and O–H groups in total. The third kappa shape index (κ3) is 5.73. The maximum absolute atomic E-state index is 12.1. The van der Waals surface area contributed by atoms with E-state index < -0.39 is 0 Å². The van der Waals surface area contributed by atoms with Crippen molar-refractivity contribution in [2.24, 2.45) is 0 Å². The largest absolute Gasteiger partial charge is 0.354 e. The first-order chi connectivity index (χ1) is 12.5. The molecule has 2 aromatic rings. The second kappa shape index (κ2) is 9.76. The minimum Gasteiger partial charge on any atom is -0.354 e. The molecule has 4 heteroatoms. The highest BCUT2D eigenvalue weighted by Gasteiger charge is 2.16. The van der Waals surface area contributed by atoms with Crippen LogP contribution in [-0.2, 0) is 16.0 Å². The van der Waals surface area contributed by atoms with E-state index in [-0.39, 0.29) is 11.8 Å². The molecule has 0 saturated heterocycles. The Labute approximate surface area is 156 Å².